The maximum absolute atomic E-state index is 12.0. The Morgan fingerprint density at radius 2 is 2.00 bits per heavy atom. The van der Waals surface area contributed by atoms with Gasteiger partial charge in [0.05, 0.1) is 9.99 Å². The van der Waals surface area contributed by atoms with E-state index in [9.17, 15) is 31.5 Å². The zero-order valence-electron chi connectivity index (χ0n) is 10.1. The number of esters is 1. The highest BCUT2D eigenvalue weighted by Gasteiger charge is 2.45. The molecular formula is C10H9F3INO5S. The lowest BCUT2D eigenvalue weighted by Gasteiger charge is -2.10. The molecule has 0 saturated heterocycles. The molecule has 0 heterocycles. The van der Waals surface area contributed by atoms with Gasteiger partial charge in [0.25, 0.3) is 0 Å². The van der Waals surface area contributed by atoms with Gasteiger partial charge < -0.3 is 9.84 Å². The summed E-state index contributed by atoms with van der Waals surface area (Å²) < 4.78 is 63.6. The summed E-state index contributed by atoms with van der Waals surface area (Å²) in [6.07, 6.45) is -0.596. The number of hydrogen-bond donors (Lipinski definition) is 2. The number of sulfonamides is 1. The zero-order chi connectivity index (χ0) is 16.3. The van der Waals surface area contributed by atoms with Crippen molar-refractivity contribution in [3.8, 4) is 11.5 Å². The van der Waals surface area contributed by atoms with Crippen molar-refractivity contribution in [1.29, 1.82) is 0 Å². The Bertz CT molecular complexity index is 632. The third-order valence-corrected chi connectivity index (χ3v) is 4.37. The Labute approximate surface area is 131 Å². The minimum atomic E-state index is -5.48. The van der Waals surface area contributed by atoms with Crippen LogP contribution < -0.4 is 9.46 Å². The lowest BCUT2D eigenvalue weighted by atomic mass is 10.3. The molecule has 6 nitrogen and oxygen atoms in total. The fourth-order valence-corrected chi connectivity index (χ4v) is 2.13. The number of alkyl halides is 3. The Morgan fingerprint density at radius 1 is 1.38 bits per heavy atom. The summed E-state index contributed by atoms with van der Waals surface area (Å²) >= 11 is 1.71. The minimum Gasteiger partial charge on any atom is -0.507 e. The van der Waals surface area contributed by atoms with Crippen LogP contribution in [-0.4, -0.2) is 31.5 Å². The first kappa shape index (κ1) is 18.0. The lowest BCUT2D eigenvalue weighted by Crippen LogP contribution is -2.37. The predicted molar refractivity (Wildman–Crippen MR) is 74.1 cm³/mol. The molecule has 0 fully saturated rings. The molecule has 118 valence electrons. The molecule has 0 amide bonds. The van der Waals surface area contributed by atoms with Gasteiger partial charge in [-0.1, -0.05) is 6.07 Å². The Kier molecular flexibility index (Phi) is 5.81. The van der Waals surface area contributed by atoms with Gasteiger partial charge in [-0.25, -0.2) is 13.1 Å². The van der Waals surface area contributed by atoms with E-state index in [1.807, 2.05) is 0 Å². The molecule has 0 aliphatic rings. The maximum atomic E-state index is 12.0. The SMILES string of the molecule is O=C(CCNS(=O)(=O)C(F)(F)F)Oc1cccc(O)c1I. The molecule has 1 rings (SSSR count). The van der Waals surface area contributed by atoms with E-state index in [4.69, 9.17) is 4.74 Å². The second-order valence-electron chi connectivity index (χ2n) is 3.66. The van der Waals surface area contributed by atoms with Crippen LogP contribution in [0.1, 0.15) is 6.42 Å². The number of ether oxygens (including phenoxy) is 1. The van der Waals surface area contributed by atoms with Crippen LogP contribution in [0.3, 0.4) is 0 Å². The number of nitrogens with one attached hydrogen (secondary N) is 1. The molecule has 0 bridgehead atoms. The van der Waals surface area contributed by atoms with Crippen LogP contribution in [0.15, 0.2) is 18.2 Å². The van der Waals surface area contributed by atoms with E-state index in [1.165, 1.54) is 22.9 Å². The molecule has 0 spiro atoms. The summed E-state index contributed by atoms with van der Waals surface area (Å²) in [4.78, 5) is 11.4. The largest absolute Gasteiger partial charge is 0.511 e. The lowest BCUT2D eigenvalue weighted by molar-refractivity contribution is -0.134. The fourth-order valence-electron chi connectivity index (χ4n) is 1.12. The molecule has 0 aliphatic heterocycles. The quantitative estimate of drug-likeness (QED) is 0.415. The molecular weight excluding hydrogens is 430 g/mol. The summed E-state index contributed by atoms with van der Waals surface area (Å²) in [5, 5.41) is 9.37. The first-order chi connectivity index (χ1) is 9.54. The summed E-state index contributed by atoms with van der Waals surface area (Å²) in [5.74, 6) is -1.04. The van der Waals surface area contributed by atoms with Gasteiger partial charge in [0.1, 0.15) is 11.5 Å². The Hall–Kier alpha value is -1.08. The van der Waals surface area contributed by atoms with Crippen molar-refractivity contribution in [1.82, 2.24) is 4.72 Å². The van der Waals surface area contributed by atoms with Crippen LogP contribution in [0.4, 0.5) is 13.2 Å². The second-order valence-corrected chi connectivity index (χ2v) is 6.49. The summed E-state index contributed by atoms with van der Waals surface area (Å²) in [7, 11) is -5.48. The van der Waals surface area contributed by atoms with Gasteiger partial charge in [0.2, 0.25) is 0 Å². The third-order valence-electron chi connectivity index (χ3n) is 2.09. The number of carbonyl (C=O) groups excluding carboxylic acids is 1. The molecule has 0 saturated carbocycles. The number of halogens is 4. The van der Waals surface area contributed by atoms with E-state index >= 15 is 0 Å². The van der Waals surface area contributed by atoms with E-state index < -0.39 is 34.5 Å². The van der Waals surface area contributed by atoms with Gasteiger partial charge in [-0.15, -0.1) is 0 Å². The van der Waals surface area contributed by atoms with Gasteiger partial charge in [-0.05, 0) is 34.7 Å². The standard InChI is InChI=1S/C10H9F3INO5S/c11-10(12,13)21(18,19)15-5-4-8(17)20-7-3-1-2-6(16)9(7)14/h1-3,15-16H,4-5H2. The second kappa shape index (κ2) is 6.79. The highest BCUT2D eigenvalue weighted by Crippen LogP contribution is 2.29. The molecule has 1 aromatic rings. The van der Waals surface area contributed by atoms with Crippen LogP contribution >= 0.6 is 22.6 Å². The normalized spacial score (nSPS) is 12.2. The van der Waals surface area contributed by atoms with E-state index in [0.717, 1.165) is 0 Å². The molecule has 11 heteroatoms. The van der Waals surface area contributed by atoms with Crippen LogP contribution in [0, 0.1) is 3.57 Å². The van der Waals surface area contributed by atoms with Crippen molar-refractivity contribution >= 4 is 38.6 Å². The molecule has 0 radical (unpaired) electrons. The number of carbonyl (C=O) groups is 1. The first-order valence-corrected chi connectivity index (χ1v) is 7.85. The Balaban J connectivity index is 2.55. The van der Waals surface area contributed by atoms with Crippen molar-refractivity contribution in [3.05, 3.63) is 21.8 Å². The summed E-state index contributed by atoms with van der Waals surface area (Å²) in [6, 6.07) is 4.14. The highest BCUT2D eigenvalue weighted by molar-refractivity contribution is 14.1. The van der Waals surface area contributed by atoms with E-state index in [-0.39, 0.29) is 15.1 Å². The van der Waals surface area contributed by atoms with Gasteiger partial charge in [-0.3, -0.25) is 4.79 Å². The topological polar surface area (TPSA) is 92.7 Å². The molecule has 0 aliphatic carbocycles. The molecule has 0 unspecified atom stereocenters. The monoisotopic (exact) mass is 439 g/mol. The van der Waals surface area contributed by atoms with Gasteiger partial charge in [-0.2, -0.15) is 13.2 Å². The number of aromatic hydroxyl groups is 1. The maximum Gasteiger partial charge on any atom is 0.511 e. The van der Waals surface area contributed by atoms with Crippen LogP contribution in [-0.2, 0) is 14.8 Å². The number of phenolic OH excluding ortho intramolecular Hbond substituents is 1. The van der Waals surface area contributed by atoms with Crippen molar-refractivity contribution in [3.63, 3.8) is 0 Å². The number of hydrogen-bond acceptors (Lipinski definition) is 5. The van der Waals surface area contributed by atoms with Crippen molar-refractivity contribution in [2.75, 3.05) is 6.54 Å². The van der Waals surface area contributed by atoms with Gasteiger partial charge >= 0.3 is 21.5 Å². The number of benzene rings is 1. The predicted octanol–water partition coefficient (Wildman–Crippen LogP) is 1.73. The van der Waals surface area contributed by atoms with Crippen molar-refractivity contribution in [2.24, 2.45) is 0 Å². The first-order valence-electron chi connectivity index (χ1n) is 5.28. The average Bonchev–Trinajstić information content (AvgIpc) is 2.33. The van der Waals surface area contributed by atoms with Gasteiger partial charge in [0, 0.05) is 6.54 Å². The third kappa shape index (κ3) is 5.00. The van der Waals surface area contributed by atoms with Crippen LogP contribution in [0.2, 0.25) is 0 Å². The number of rotatable bonds is 5. The molecule has 0 atom stereocenters. The average molecular weight is 439 g/mol. The van der Waals surface area contributed by atoms with Crippen LogP contribution in [0.5, 0.6) is 11.5 Å². The zero-order valence-corrected chi connectivity index (χ0v) is 13.1. The minimum absolute atomic E-state index is 0.0271. The molecule has 2 N–H and O–H groups in total. The summed E-state index contributed by atoms with van der Waals surface area (Å²) in [6.45, 7) is -0.754. The fraction of sp³-hybridized carbons (Fsp3) is 0.300. The molecule has 21 heavy (non-hydrogen) atoms. The van der Waals surface area contributed by atoms with Gasteiger partial charge in [0.15, 0.2) is 0 Å². The van der Waals surface area contributed by atoms with Crippen molar-refractivity contribution in [2.45, 2.75) is 11.9 Å². The Morgan fingerprint density at radius 3 is 2.57 bits per heavy atom. The smallest absolute Gasteiger partial charge is 0.507 e. The van der Waals surface area contributed by atoms with Crippen molar-refractivity contribution < 1.29 is 36.2 Å². The number of phenols is 1. The van der Waals surface area contributed by atoms with E-state index in [0.29, 0.717) is 0 Å². The van der Waals surface area contributed by atoms with E-state index in [2.05, 4.69) is 0 Å². The molecule has 1 aromatic carbocycles. The highest BCUT2D eigenvalue weighted by atomic mass is 127. The van der Waals surface area contributed by atoms with Crippen LogP contribution in [0.25, 0.3) is 0 Å². The molecule has 0 aromatic heterocycles. The van der Waals surface area contributed by atoms with E-state index in [1.54, 1.807) is 22.6 Å². The summed E-state index contributed by atoms with van der Waals surface area (Å²) in [5.41, 5.74) is -5.43.